The summed E-state index contributed by atoms with van der Waals surface area (Å²) in [7, 11) is 0.655. The Morgan fingerprint density at radius 2 is 1.86 bits per heavy atom. The van der Waals surface area contributed by atoms with Gasteiger partial charge >= 0.3 is 0 Å². The lowest BCUT2D eigenvalue weighted by Gasteiger charge is -2.15. The number of hydrogen-bond acceptors (Lipinski definition) is 4. The number of methoxy groups -OCH3 is 1. The average Bonchev–Trinajstić information content (AvgIpc) is 2.66. The van der Waals surface area contributed by atoms with Crippen LogP contribution in [0.25, 0.3) is 6.08 Å². The van der Waals surface area contributed by atoms with Gasteiger partial charge < -0.3 is 10.1 Å². The molecule has 0 aliphatic heterocycles. The first-order valence-electron chi connectivity index (χ1n) is 8.84. The molecule has 0 atom stereocenters. The van der Waals surface area contributed by atoms with Gasteiger partial charge in [0.1, 0.15) is 10.6 Å². The number of sulfonamides is 1. The van der Waals surface area contributed by atoms with Crippen molar-refractivity contribution >= 4 is 27.7 Å². The van der Waals surface area contributed by atoms with Gasteiger partial charge in [0.05, 0.1) is 7.11 Å². The molecule has 0 aliphatic carbocycles. The fourth-order valence-corrected chi connectivity index (χ4v) is 3.61. The maximum atomic E-state index is 12.5. The molecule has 2 rings (SSSR count). The summed E-state index contributed by atoms with van der Waals surface area (Å²) in [6.45, 7) is 4.17. The molecule has 1 amide bonds. The molecule has 7 heteroatoms. The lowest BCUT2D eigenvalue weighted by molar-refractivity contribution is -0.111. The normalized spacial score (nSPS) is 12.0. The van der Waals surface area contributed by atoms with Gasteiger partial charge in [-0.3, -0.25) is 4.79 Å². The number of nitrogens with one attached hydrogen (secondary N) is 1. The van der Waals surface area contributed by atoms with E-state index in [9.17, 15) is 13.2 Å². The second-order valence-electron chi connectivity index (χ2n) is 6.80. The predicted octanol–water partition coefficient (Wildman–Crippen LogP) is 3.72. The van der Waals surface area contributed by atoms with E-state index in [1.54, 1.807) is 18.2 Å². The minimum Gasteiger partial charge on any atom is -0.495 e. The standard InChI is InChI=1S/C21H26N2O4S/c1-15(2)17-7-6-8-18(14-17)22-21(24)12-10-16-9-11-19(27-5)20(13-16)28(25,26)23(3)4/h6-15H,1-5H3,(H,22,24)/b12-10+. The van der Waals surface area contributed by atoms with E-state index in [1.807, 2.05) is 24.3 Å². The monoisotopic (exact) mass is 402 g/mol. The maximum Gasteiger partial charge on any atom is 0.248 e. The number of amides is 1. The van der Waals surface area contributed by atoms with E-state index in [0.717, 1.165) is 9.87 Å². The summed E-state index contributed by atoms with van der Waals surface area (Å²) in [5, 5.41) is 2.82. The Morgan fingerprint density at radius 3 is 2.46 bits per heavy atom. The fourth-order valence-electron chi connectivity index (χ4n) is 2.53. The zero-order valence-corrected chi connectivity index (χ0v) is 17.6. The highest BCUT2D eigenvalue weighted by Gasteiger charge is 2.22. The van der Waals surface area contributed by atoms with Gasteiger partial charge in [0.15, 0.2) is 0 Å². The van der Waals surface area contributed by atoms with Crippen molar-refractivity contribution in [1.29, 1.82) is 0 Å². The fraction of sp³-hybridized carbons (Fsp3) is 0.286. The minimum atomic E-state index is -3.67. The Hall–Kier alpha value is -2.64. The summed E-state index contributed by atoms with van der Waals surface area (Å²) in [5.74, 6) is 0.318. The van der Waals surface area contributed by atoms with Crippen LogP contribution in [0.2, 0.25) is 0 Å². The van der Waals surface area contributed by atoms with Crippen molar-refractivity contribution in [3.8, 4) is 5.75 Å². The molecule has 28 heavy (non-hydrogen) atoms. The number of nitrogens with zero attached hydrogens (tertiary/aromatic N) is 1. The summed E-state index contributed by atoms with van der Waals surface area (Å²) < 4.78 is 31.2. The van der Waals surface area contributed by atoms with Crippen LogP contribution in [0.1, 0.15) is 30.9 Å². The molecule has 0 saturated carbocycles. The number of hydrogen-bond donors (Lipinski definition) is 1. The topological polar surface area (TPSA) is 75.7 Å². The molecular formula is C21H26N2O4S. The van der Waals surface area contributed by atoms with Crippen LogP contribution >= 0.6 is 0 Å². The molecule has 150 valence electrons. The number of anilines is 1. The SMILES string of the molecule is COc1ccc(/C=C/C(=O)Nc2cccc(C(C)C)c2)cc1S(=O)(=O)N(C)C. The molecular weight excluding hydrogens is 376 g/mol. The van der Waals surface area contributed by atoms with Crippen molar-refractivity contribution in [3.63, 3.8) is 0 Å². The van der Waals surface area contributed by atoms with Gasteiger partial charge in [0.25, 0.3) is 0 Å². The zero-order chi connectivity index (χ0) is 20.9. The maximum absolute atomic E-state index is 12.5. The molecule has 0 bridgehead atoms. The van der Waals surface area contributed by atoms with Crippen LogP contribution in [0.5, 0.6) is 5.75 Å². The Bertz CT molecular complexity index is 980. The average molecular weight is 403 g/mol. The van der Waals surface area contributed by atoms with Crippen LogP contribution in [-0.4, -0.2) is 39.8 Å². The van der Waals surface area contributed by atoms with E-state index in [4.69, 9.17) is 4.74 Å². The second kappa shape index (κ2) is 9.03. The second-order valence-corrected chi connectivity index (χ2v) is 8.92. The van der Waals surface area contributed by atoms with Crippen molar-refractivity contribution in [2.45, 2.75) is 24.7 Å². The van der Waals surface area contributed by atoms with Crippen LogP contribution in [-0.2, 0) is 14.8 Å². The molecule has 6 nitrogen and oxygen atoms in total. The number of rotatable bonds is 7. The molecule has 1 N–H and O–H groups in total. The van der Waals surface area contributed by atoms with Crippen LogP contribution < -0.4 is 10.1 Å². The lowest BCUT2D eigenvalue weighted by atomic mass is 10.0. The van der Waals surface area contributed by atoms with Gasteiger partial charge in [-0.2, -0.15) is 0 Å². The van der Waals surface area contributed by atoms with E-state index in [-0.39, 0.29) is 16.6 Å². The third-order valence-corrected chi connectivity index (χ3v) is 6.03. The number of benzene rings is 2. The highest BCUT2D eigenvalue weighted by atomic mass is 32.2. The molecule has 0 fully saturated rings. The Labute approximate surface area is 166 Å². The molecule has 2 aromatic rings. The van der Waals surface area contributed by atoms with E-state index in [2.05, 4.69) is 19.2 Å². The van der Waals surface area contributed by atoms with Crippen molar-refractivity contribution in [2.75, 3.05) is 26.5 Å². The van der Waals surface area contributed by atoms with Crippen LogP contribution in [0.3, 0.4) is 0 Å². The summed E-state index contributed by atoms with van der Waals surface area (Å²) in [5.41, 5.74) is 2.43. The minimum absolute atomic E-state index is 0.0483. The quantitative estimate of drug-likeness (QED) is 0.716. The highest BCUT2D eigenvalue weighted by Crippen LogP contribution is 2.27. The van der Waals surface area contributed by atoms with Crippen LogP contribution in [0.4, 0.5) is 5.69 Å². The number of ether oxygens (including phenoxy) is 1. The third-order valence-electron chi connectivity index (χ3n) is 4.19. The molecule has 0 spiro atoms. The summed E-state index contributed by atoms with van der Waals surface area (Å²) >= 11 is 0. The Kier molecular flexibility index (Phi) is 6.99. The zero-order valence-electron chi connectivity index (χ0n) is 16.8. The van der Waals surface area contributed by atoms with E-state index >= 15 is 0 Å². The van der Waals surface area contributed by atoms with E-state index < -0.39 is 10.0 Å². The molecule has 0 unspecified atom stereocenters. The van der Waals surface area contributed by atoms with Gasteiger partial charge in [-0.15, -0.1) is 0 Å². The predicted molar refractivity (Wildman–Crippen MR) is 112 cm³/mol. The molecule has 0 aliphatic rings. The first-order valence-corrected chi connectivity index (χ1v) is 10.3. The van der Waals surface area contributed by atoms with Crippen molar-refractivity contribution in [2.24, 2.45) is 0 Å². The molecule has 0 heterocycles. The first kappa shape index (κ1) is 21.7. The lowest BCUT2D eigenvalue weighted by Crippen LogP contribution is -2.22. The molecule has 2 aromatic carbocycles. The largest absolute Gasteiger partial charge is 0.495 e. The molecule has 0 saturated heterocycles. The molecule has 0 aromatic heterocycles. The number of carbonyl (C=O) groups excluding carboxylic acids is 1. The number of carbonyl (C=O) groups is 1. The van der Waals surface area contributed by atoms with Gasteiger partial charge in [0, 0.05) is 25.9 Å². The highest BCUT2D eigenvalue weighted by molar-refractivity contribution is 7.89. The summed E-state index contributed by atoms with van der Waals surface area (Å²) in [6, 6.07) is 12.4. The van der Waals surface area contributed by atoms with Crippen LogP contribution in [0, 0.1) is 0 Å². The van der Waals surface area contributed by atoms with Gasteiger partial charge in [-0.1, -0.05) is 32.0 Å². The summed E-state index contributed by atoms with van der Waals surface area (Å²) in [6.07, 6.45) is 2.94. The summed E-state index contributed by atoms with van der Waals surface area (Å²) in [4.78, 5) is 12.3. The first-order chi connectivity index (χ1) is 13.1. The van der Waals surface area contributed by atoms with Crippen molar-refractivity contribution in [1.82, 2.24) is 4.31 Å². The van der Waals surface area contributed by atoms with Gasteiger partial charge in [-0.25, -0.2) is 12.7 Å². The van der Waals surface area contributed by atoms with Gasteiger partial charge in [-0.05, 0) is 47.4 Å². The smallest absolute Gasteiger partial charge is 0.248 e. The van der Waals surface area contributed by atoms with Crippen molar-refractivity contribution in [3.05, 3.63) is 59.7 Å². The third kappa shape index (κ3) is 5.21. The Morgan fingerprint density at radius 1 is 1.14 bits per heavy atom. The van der Waals surface area contributed by atoms with Gasteiger partial charge in [0.2, 0.25) is 15.9 Å². The molecule has 0 radical (unpaired) electrons. The van der Waals surface area contributed by atoms with E-state index in [0.29, 0.717) is 17.2 Å². The van der Waals surface area contributed by atoms with Crippen molar-refractivity contribution < 1.29 is 17.9 Å². The van der Waals surface area contributed by atoms with E-state index in [1.165, 1.54) is 33.3 Å². The van der Waals surface area contributed by atoms with Crippen LogP contribution in [0.15, 0.2) is 53.4 Å². The Balaban J connectivity index is 2.22.